The standard InChI is InChI=1S/C15H18N4O2/c1-18-16-9-13(17-18)7-8-14(20)19-10-15(21,11-19)12-5-3-2-4-6-12/h2-6,9,21H,7-8,10-11H2,1H3. The molecule has 3 rings (SSSR count). The first-order valence-electron chi connectivity index (χ1n) is 6.98. The first-order chi connectivity index (χ1) is 10.1. The van der Waals surface area contributed by atoms with Crippen molar-refractivity contribution in [1.82, 2.24) is 19.9 Å². The molecule has 0 atom stereocenters. The van der Waals surface area contributed by atoms with Crippen molar-refractivity contribution in [2.45, 2.75) is 18.4 Å². The molecule has 1 aliphatic rings. The third-order valence-corrected chi connectivity index (χ3v) is 3.81. The molecule has 1 aliphatic heterocycles. The summed E-state index contributed by atoms with van der Waals surface area (Å²) in [7, 11) is 1.75. The van der Waals surface area contributed by atoms with Crippen LogP contribution in [0, 0.1) is 0 Å². The monoisotopic (exact) mass is 286 g/mol. The van der Waals surface area contributed by atoms with Gasteiger partial charge in [0.2, 0.25) is 5.91 Å². The molecule has 2 heterocycles. The lowest BCUT2D eigenvalue weighted by Gasteiger charge is -2.46. The molecule has 0 unspecified atom stereocenters. The molecular weight excluding hydrogens is 268 g/mol. The van der Waals surface area contributed by atoms with Crippen LogP contribution in [-0.4, -0.2) is 44.0 Å². The number of aliphatic hydroxyl groups is 1. The molecule has 0 spiro atoms. The molecule has 110 valence electrons. The van der Waals surface area contributed by atoms with Crippen molar-refractivity contribution >= 4 is 5.91 Å². The number of aryl methyl sites for hydroxylation is 2. The Hall–Kier alpha value is -2.21. The van der Waals surface area contributed by atoms with Crippen molar-refractivity contribution < 1.29 is 9.90 Å². The Balaban J connectivity index is 1.52. The average Bonchev–Trinajstić information content (AvgIpc) is 2.88. The highest BCUT2D eigenvalue weighted by Gasteiger charge is 2.44. The summed E-state index contributed by atoms with van der Waals surface area (Å²) in [6.45, 7) is 0.715. The van der Waals surface area contributed by atoms with Gasteiger partial charge in [0.15, 0.2) is 0 Å². The van der Waals surface area contributed by atoms with Crippen LogP contribution in [0.1, 0.15) is 17.7 Å². The van der Waals surface area contributed by atoms with E-state index in [1.54, 1.807) is 18.1 Å². The van der Waals surface area contributed by atoms with E-state index >= 15 is 0 Å². The minimum atomic E-state index is -0.899. The van der Waals surface area contributed by atoms with Crippen LogP contribution in [0.2, 0.25) is 0 Å². The van der Waals surface area contributed by atoms with Gasteiger partial charge in [0.25, 0.3) is 0 Å². The fourth-order valence-corrected chi connectivity index (χ4v) is 2.59. The normalized spacial score (nSPS) is 16.6. The molecule has 1 fully saturated rings. The predicted molar refractivity (Wildman–Crippen MR) is 76.2 cm³/mol. The highest BCUT2D eigenvalue weighted by Crippen LogP contribution is 2.32. The number of aromatic nitrogens is 3. The van der Waals surface area contributed by atoms with Gasteiger partial charge in [-0.15, -0.1) is 0 Å². The maximum atomic E-state index is 12.1. The number of β-amino-alcohol motifs (C(OH)–C–C–N with tert-alkyl or cyclic N) is 1. The third kappa shape index (κ3) is 2.80. The van der Waals surface area contributed by atoms with E-state index in [9.17, 15) is 9.90 Å². The van der Waals surface area contributed by atoms with Gasteiger partial charge in [0.1, 0.15) is 5.60 Å². The lowest BCUT2D eigenvalue weighted by atomic mass is 9.86. The summed E-state index contributed by atoms with van der Waals surface area (Å²) in [6, 6.07) is 9.48. The molecule has 1 aromatic carbocycles. The van der Waals surface area contributed by atoms with E-state index in [0.717, 1.165) is 11.3 Å². The topological polar surface area (TPSA) is 71.2 Å². The zero-order chi connectivity index (χ0) is 14.9. The van der Waals surface area contributed by atoms with Crippen LogP contribution in [0.4, 0.5) is 0 Å². The number of hydrogen-bond acceptors (Lipinski definition) is 4. The Morgan fingerprint density at radius 2 is 2.05 bits per heavy atom. The number of likely N-dealkylation sites (tertiary alicyclic amines) is 1. The van der Waals surface area contributed by atoms with Gasteiger partial charge in [-0.05, 0) is 5.56 Å². The Kier molecular flexibility index (Phi) is 3.47. The zero-order valence-electron chi connectivity index (χ0n) is 11.9. The largest absolute Gasteiger partial charge is 0.381 e. The second kappa shape index (κ2) is 5.29. The fraction of sp³-hybridized carbons (Fsp3) is 0.400. The number of amides is 1. The number of nitrogens with zero attached hydrogens (tertiary/aromatic N) is 4. The minimum Gasteiger partial charge on any atom is -0.381 e. The van der Waals surface area contributed by atoms with Gasteiger partial charge in [-0.1, -0.05) is 30.3 Å². The van der Waals surface area contributed by atoms with E-state index < -0.39 is 5.60 Å². The van der Waals surface area contributed by atoms with Crippen LogP contribution >= 0.6 is 0 Å². The fourth-order valence-electron chi connectivity index (χ4n) is 2.59. The van der Waals surface area contributed by atoms with Crippen molar-refractivity contribution in [2.24, 2.45) is 7.05 Å². The molecule has 6 nitrogen and oxygen atoms in total. The van der Waals surface area contributed by atoms with Gasteiger partial charge in [-0.2, -0.15) is 15.0 Å². The quantitative estimate of drug-likeness (QED) is 0.887. The van der Waals surface area contributed by atoms with Gasteiger partial charge in [-0.3, -0.25) is 4.79 Å². The Bertz CT molecular complexity index is 632. The summed E-state index contributed by atoms with van der Waals surface area (Å²) < 4.78 is 0. The van der Waals surface area contributed by atoms with Crippen molar-refractivity contribution in [2.75, 3.05) is 13.1 Å². The molecule has 0 aliphatic carbocycles. The first kappa shape index (κ1) is 13.8. The molecule has 0 saturated carbocycles. The Morgan fingerprint density at radius 1 is 1.33 bits per heavy atom. The summed E-state index contributed by atoms with van der Waals surface area (Å²) in [5.74, 6) is 0.0428. The lowest BCUT2D eigenvalue weighted by molar-refractivity contribution is -0.157. The lowest BCUT2D eigenvalue weighted by Crippen LogP contribution is -2.61. The molecule has 1 amide bonds. The molecular formula is C15H18N4O2. The molecule has 1 saturated heterocycles. The van der Waals surface area contributed by atoms with Gasteiger partial charge >= 0.3 is 0 Å². The van der Waals surface area contributed by atoms with Crippen LogP contribution in [0.5, 0.6) is 0 Å². The molecule has 1 N–H and O–H groups in total. The van der Waals surface area contributed by atoms with E-state index in [1.165, 1.54) is 4.80 Å². The van der Waals surface area contributed by atoms with E-state index in [4.69, 9.17) is 0 Å². The van der Waals surface area contributed by atoms with E-state index in [2.05, 4.69) is 10.2 Å². The molecule has 21 heavy (non-hydrogen) atoms. The highest BCUT2D eigenvalue weighted by atomic mass is 16.3. The second-order valence-electron chi connectivity index (χ2n) is 5.47. The zero-order valence-corrected chi connectivity index (χ0v) is 11.9. The summed E-state index contributed by atoms with van der Waals surface area (Å²) in [5, 5.41) is 18.6. The summed E-state index contributed by atoms with van der Waals surface area (Å²) in [6.07, 6.45) is 2.64. The molecule has 6 heteroatoms. The van der Waals surface area contributed by atoms with Crippen LogP contribution in [0.25, 0.3) is 0 Å². The maximum Gasteiger partial charge on any atom is 0.223 e. The average molecular weight is 286 g/mol. The number of benzene rings is 1. The van der Waals surface area contributed by atoms with Crippen LogP contribution < -0.4 is 0 Å². The van der Waals surface area contributed by atoms with Crippen LogP contribution in [0.15, 0.2) is 36.5 Å². The van der Waals surface area contributed by atoms with Crippen molar-refractivity contribution in [1.29, 1.82) is 0 Å². The van der Waals surface area contributed by atoms with E-state index in [-0.39, 0.29) is 5.91 Å². The number of hydrogen-bond donors (Lipinski definition) is 1. The number of rotatable bonds is 4. The molecule has 1 aromatic heterocycles. The van der Waals surface area contributed by atoms with Crippen molar-refractivity contribution in [3.8, 4) is 0 Å². The predicted octanol–water partition coefficient (Wildman–Crippen LogP) is 0.478. The maximum absolute atomic E-state index is 12.1. The van der Waals surface area contributed by atoms with Gasteiger partial charge in [-0.25, -0.2) is 0 Å². The van der Waals surface area contributed by atoms with Gasteiger partial charge < -0.3 is 10.0 Å². The summed E-state index contributed by atoms with van der Waals surface area (Å²) in [5.41, 5.74) is 0.774. The third-order valence-electron chi connectivity index (χ3n) is 3.81. The summed E-state index contributed by atoms with van der Waals surface area (Å²) in [4.78, 5) is 15.3. The van der Waals surface area contributed by atoms with Crippen molar-refractivity contribution in [3.05, 3.63) is 47.8 Å². The minimum absolute atomic E-state index is 0.0428. The molecule has 0 bridgehead atoms. The number of carbonyl (C=O) groups is 1. The number of carbonyl (C=O) groups excluding carboxylic acids is 1. The van der Waals surface area contributed by atoms with E-state index in [1.807, 2.05) is 30.3 Å². The van der Waals surface area contributed by atoms with Crippen molar-refractivity contribution in [3.63, 3.8) is 0 Å². The smallest absolute Gasteiger partial charge is 0.223 e. The molecule has 0 radical (unpaired) electrons. The Morgan fingerprint density at radius 3 is 2.67 bits per heavy atom. The van der Waals surface area contributed by atoms with Gasteiger partial charge in [0.05, 0.1) is 25.0 Å². The van der Waals surface area contributed by atoms with Crippen LogP contribution in [-0.2, 0) is 23.9 Å². The molecule has 2 aromatic rings. The van der Waals surface area contributed by atoms with Gasteiger partial charge in [0, 0.05) is 19.9 Å². The second-order valence-corrected chi connectivity index (χ2v) is 5.47. The van der Waals surface area contributed by atoms with Crippen LogP contribution in [0.3, 0.4) is 0 Å². The SMILES string of the molecule is Cn1ncc(CCC(=O)N2CC(O)(c3ccccc3)C2)n1. The first-order valence-corrected chi connectivity index (χ1v) is 6.98. The Labute approximate surface area is 123 Å². The summed E-state index contributed by atoms with van der Waals surface area (Å²) >= 11 is 0. The van der Waals surface area contributed by atoms with E-state index in [0.29, 0.717) is 25.9 Å². The highest BCUT2D eigenvalue weighted by molar-refractivity contribution is 5.77.